The van der Waals surface area contributed by atoms with Gasteiger partial charge in [0.15, 0.2) is 0 Å². The normalized spacial score (nSPS) is 8.25. The molecule has 2 rings (SSSR count). The second-order valence-electron chi connectivity index (χ2n) is 5.47. The van der Waals surface area contributed by atoms with Gasteiger partial charge in [-0.1, -0.05) is 20.1 Å². The van der Waals surface area contributed by atoms with Gasteiger partial charge in [0.05, 0.1) is 20.0 Å². The van der Waals surface area contributed by atoms with Crippen LogP contribution in [0.15, 0.2) is 53.5 Å². The van der Waals surface area contributed by atoms with Gasteiger partial charge in [0.25, 0.3) is 0 Å². The molecule has 0 fully saturated rings. The number of aromatic nitrogens is 2. The molecule has 0 aliphatic carbocycles. The van der Waals surface area contributed by atoms with E-state index in [9.17, 15) is 9.59 Å². The van der Waals surface area contributed by atoms with E-state index in [2.05, 4.69) is 77.2 Å². The third kappa shape index (κ3) is 24.0. The van der Waals surface area contributed by atoms with Crippen LogP contribution >= 0.6 is 55.9 Å². The number of carbonyl (C=O) groups is 2. The van der Waals surface area contributed by atoms with Gasteiger partial charge >= 0.3 is 55.4 Å². The van der Waals surface area contributed by atoms with E-state index in [0.717, 1.165) is 10.0 Å². The Labute approximate surface area is 228 Å². The van der Waals surface area contributed by atoms with Crippen LogP contribution in [-0.2, 0) is 30.2 Å². The topological polar surface area (TPSA) is 87.6 Å². The Morgan fingerprint density at radius 3 is 1.72 bits per heavy atom. The number of rotatable bonds is 5. The van der Waals surface area contributed by atoms with Gasteiger partial charge in [-0.05, 0) is 41.4 Å². The van der Waals surface area contributed by atoms with Crippen LogP contribution < -0.4 is 9.47 Å². The molecule has 2 aromatic rings. The van der Waals surface area contributed by atoms with Gasteiger partial charge in [0, 0.05) is 42.3 Å². The number of carbonyl (C=O) groups excluding carboxylic acids is 2. The Morgan fingerprint density at radius 1 is 1.00 bits per heavy atom. The summed E-state index contributed by atoms with van der Waals surface area (Å²) in [6.07, 6.45) is 3.79. The van der Waals surface area contributed by atoms with E-state index in [-0.39, 0.29) is 19.2 Å². The summed E-state index contributed by atoms with van der Waals surface area (Å²) in [5.41, 5.74) is 0.920. The van der Waals surface area contributed by atoms with Gasteiger partial charge in [-0.15, -0.1) is 0 Å². The molecule has 0 amide bonds. The van der Waals surface area contributed by atoms with Crippen LogP contribution in [0.3, 0.4) is 0 Å². The first-order chi connectivity index (χ1) is 14.6. The third-order valence-electron chi connectivity index (χ3n) is 2.69. The van der Waals surface area contributed by atoms with Crippen molar-refractivity contribution in [3.63, 3.8) is 0 Å². The zero-order chi connectivity index (χ0) is 24.2. The van der Waals surface area contributed by atoms with Crippen LogP contribution in [0.25, 0.3) is 0 Å². The summed E-state index contributed by atoms with van der Waals surface area (Å²) >= 11 is 7.99. The first kappa shape index (κ1) is 35.9. The van der Waals surface area contributed by atoms with Crippen molar-refractivity contribution in [3.8, 4) is 11.8 Å². The summed E-state index contributed by atoms with van der Waals surface area (Å²) in [5.74, 6) is 1.47. The number of ketones is 1. The molecule has 0 aliphatic rings. The van der Waals surface area contributed by atoms with E-state index in [1.165, 1.54) is 6.92 Å². The van der Waals surface area contributed by atoms with E-state index in [4.69, 9.17) is 9.47 Å². The number of ether oxygens (including phenoxy) is 3. The van der Waals surface area contributed by atoms with Crippen molar-refractivity contribution in [2.75, 3.05) is 14.2 Å². The molecule has 0 saturated heterocycles. The average molecular weight is 774 g/mol. The van der Waals surface area contributed by atoms with Crippen molar-refractivity contribution in [1.82, 2.24) is 9.97 Å². The van der Waals surface area contributed by atoms with Crippen LogP contribution in [0.2, 0.25) is 0 Å². The van der Waals surface area contributed by atoms with Crippen molar-refractivity contribution in [3.05, 3.63) is 59.0 Å². The molecule has 11 heteroatoms. The fourth-order valence-corrected chi connectivity index (χ4v) is 1.89. The van der Waals surface area contributed by atoms with E-state index in [1.807, 2.05) is 12.1 Å². The standard InChI is InChI=1S/C9H11NO2.C6H6BrNO.C5H8O2.CH4.2HI.V/c1-7(11)5-8-3-4-9(12-2)10-6-8;1-9-6-3-2-5(7)4-8-6;1-4(2)7-5(3)6;;;;/h3-4,6H,5H2,1-2H3;2-4H,1H3;1H2,2-3H3;1H4;2*1H;/q;;;;;;+2/p-2. The molecule has 0 atom stereocenters. The van der Waals surface area contributed by atoms with Crippen LogP contribution in [0.4, 0.5) is 0 Å². The van der Waals surface area contributed by atoms with E-state index >= 15 is 0 Å². The molecule has 179 valence electrons. The Hall–Kier alpha value is -0.696. The Bertz CT molecular complexity index is 767. The first-order valence-electron chi connectivity index (χ1n) is 8.49. The summed E-state index contributed by atoms with van der Waals surface area (Å²) in [6, 6.07) is 7.27. The number of Topliss-reactive ketones (excluding diaryl/α,β-unsaturated/α-hetero) is 1. The maximum absolute atomic E-state index is 10.7. The SMILES string of the molecule is C.C=C(C)OC(C)=O.COc1ccc(Br)cn1.COc1ccc(CC(C)=O)cn1.[I][V][I]. The summed E-state index contributed by atoms with van der Waals surface area (Å²) in [5, 5.41) is 0. The molecule has 0 saturated carbocycles. The molecule has 7 nitrogen and oxygen atoms in total. The molecule has 0 N–H and O–H groups in total. The quantitative estimate of drug-likeness (QED) is 0.193. The fraction of sp³-hybridized carbons (Fsp3) is 0.333. The number of esters is 1. The molecule has 0 radical (unpaired) electrons. The third-order valence-corrected chi connectivity index (χ3v) is 3.16. The van der Waals surface area contributed by atoms with Crippen LogP contribution in [-0.4, -0.2) is 35.9 Å². The predicted octanol–water partition coefficient (Wildman–Crippen LogP) is 6.56. The van der Waals surface area contributed by atoms with E-state index < -0.39 is 0 Å². The van der Waals surface area contributed by atoms with Gasteiger partial charge in [-0.25, -0.2) is 9.97 Å². The van der Waals surface area contributed by atoms with Gasteiger partial charge in [-0.3, -0.25) is 9.59 Å². The molecule has 0 aliphatic heterocycles. The predicted molar refractivity (Wildman–Crippen MR) is 145 cm³/mol. The zero-order valence-electron chi connectivity index (χ0n) is 17.9. The molecule has 0 bridgehead atoms. The van der Waals surface area contributed by atoms with Crippen molar-refractivity contribution in [1.29, 1.82) is 0 Å². The molecule has 2 aromatic heterocycles. The number of pyridine rings is 2. The van der Waals surface area contributed by atoms with Crippen molar-refractivity contribution in [2.24, 2.45) is 0 Å². The van der Waals surface area contributed by atoms with Gasteiger partial charge < -0.3 is 14.2 Å². The van der Waals surface area contributed by atoms with Gasteiger partial charge in [-0.2, -0.15) is 0 Å². The second-order valence-corrected chi connectivity index (χ2v) is 18.2. The van der Waals surface area contributed by atoms with E-state index in [0.29, 0.717) is 33.4 Å². The summed E-state index contributed by atoms with van der Waals surface area (Å²) in [4.78, 5) is 28.6. The Balaban J connectivity index is -0.000000377. The number of nitrogens with zero attached hydrogens (tertiary/aromatic N) is 2. The van der Waals surface area contributed by atoms with Gasteiger partial charge in [0.1, 0.15) is 5.78 Å². The molecule has 2 heterocycles. The first-order valence-corrected chi connectivity index (χ1v) is 18.3. The Morgan fingerprint density at radius 2 is 1.47 bits per heavy atom. The number of methoxy groups -OCH3 is 2. The number of halogens is 3. The molecule has 0 aromatic carbocycles. The van der Waals surface area contributed by atoms with Crippen molar-refractivity contribution < 1.29 is 33.3 Å². The van der Waals surface area contributed by atoms with Crippen LogP contribution in [0.1, 0.15) is 33.8 Å². The minimum atomic E-state index is -0.312. The molecule has 32 heavy (non-hydrogen) atoms. The van der Waals surface area contributed by atoms with Crippen molar-refractivity contribution >= 4 is 67.6 Å². The zero-order valence-corrected chi connectivity index (χ0v) is 25.2. The summed E-state index contributed by atoms with van der Waals surface area (Å²) < 4.78 is 15.1. The molecular weight excluding hydrogens is 745 g/mol. The van der Waals surface area contributed by atoms with Crippen LogP contribution in [0, 0.1) is 0 Å². The fourth-order valence-electron chi connectivity index (χ4n) is 1.65. The number of allylic oxidation sites excluding steroid dienone is 1. The molecular formula is C21H29BrI2N2O5V. The Kier molecular flexibility index (Phi) is 26.3. The number of hydrogen-bond acceptors (Lipinski definition) is 7. The minimum absolute atomic E-state index is 0. The summed E-state index contributed by atoms with van der Waals surface area (Å²) in [6.45, 7) is 7.88. The number of hydrogen-bond donors (Lipinski definition) is 0. The van der Waals surface area contributed by atoms with Crippen LogP contribution in [0.5, 0.6) is 11.8 Å². The molecule has 0 spiro atoms. The monoisotopic (exact) mass is 773 g/mol. The molecule has 0 unspecified atom stereocenters. The van der Waals surface area contributed by atoms with E-state index in [1.54, 1.807) is 52.6 Å². The second kappa shape index (κ2) is 23.5. The average Bonchev–Trinajstić information content (AvgIpc) is 2.69. The summed E-state index contributed by atoms with van der Waals surface area (Å²) in [7, 11) is 3.78. The van der Waals surface area contributed by atoms with Crippen molar-refractivity contribution in [2.45, 2.75) is 34.6 Å². The maximum atomic E-state index is 10.7. The van der Waals surface area contributed by atoms with Gasteiger partial charge in [0.2, 0.25) is 11.8 Å².